The zero-order valence-corrected chi connectivity index (χ0v) is 12.4. The first-order valence-corrected chi connectivity index (χ1v) is 7.13. The van der Waals surface area contributed by atoms with Gasteiger partial charge in [-0.15, -0.1) is 0 Å². The van der Waals surface area contributed by atoms with Crippen LogP contribution in [0.3, 0.4) is 0 Å². The van der Waals surface area contributed by atoms with Gasteiger partial charge in [0.15, 0.2) is 0 Å². The highest BCUT2D eigenvalue weighted by atomic mass is 15.1. The van der Waals surface area contributed by atoms with Gasteiger partial charge in [0.05, 0.1) is 18.4 Å². The molecule has 0 atom stereocenters. The van der Waals surface area contributed by atoms with Crippen LogP contribution in [0.15, 0.2) is 60.8 Å². The molecule has 2 aromatic carbocycles. The predicted molar refractivity (Wildman–Crippen MR) is 86.8 cm³/mol. The Morgan fingerprint density at radius 3 is 2.57 bits per heavy atom. The summed E-state index contributed by atoms with van der Waals surface area (Å²) in [5.74, 6) is 1.00. The van der Waals surface area contributed by atoms with Crippen molar-refractivity contribution >= 4 is 5.69 Å². The second kappa shape index (κ2) is 5.83. The lowest BCUT2D eigenvalue weighted by molar-refractivity contribution is 0.900. The van der Waals surface area contributed by atoms with Crippen LogP contribution >= 0.6 is 0 Å². The smallest absolute Gasteiger partial charge is 0.110 e. The van der Waals surface area contributed by atoms with Gasteiger partial charge in [-0.25, -0.2) is 4.98 Å². The van der Waals surface area contributed by atoms with E-state index in [-0.39, 0.29) is 0 Å². The van der Waals surface area contributed by atoms with Crippen molar-refractivity contribution in [3.05, 3.63) is 77.9 Å². The lowest BCUT2D eigenvalue weighted by Gasteiger charge is -2.12. The summed E-state index contributed by atoms with van der Waals surface area (Å²) in [5.41, 5.74) is 4.69. The molecule has 0 radical (unpaired) electrons. The van der Waals surface area contributed by atoms with Crippen molar-refractivity contribution in [1.29, 1.82) is 0 Å². The first kappa shape index (κ1) is 13.4. The normalized spacial score (nSPS) is 10.6. The summed E-state index contributed by atoms with van der Waals surface area (Å²) >= 11 is 0. The zero-order chi connectivity index (χ0) is 14.7. The summed E-state index contributed by atoms with van der Waals surface area (Å²) in [4.78, 5) is 4.45. The Kier molecular flexibility index (Phi) is 3.73. The van der Waals surface area contributed by atoms with E-state index in [2.05, 4.69) is 58.2 Å². The molecule has 1 N–H and O–H groups in total. The third kappa shape index (κ3) is 2.97. The highest BCUT2D eigenvalue weighted by Crippen LogP contribution is 2.16. The second-order valence-electron chi connectivity index (χ2n) is 5.19. The monoisotopic (exact) mass is 277 g/mol. The fraction of sp³-hybridized carbons (Fsp3) is 0.167. The number of aromatic nitrogens is 2. The number of para-hydroxylation sites is 1. The maximum absolute atomic E-state index is 4.45. The Morgan fingerprint density at radius 1 is 1.00 bits per heavy atom. The maximum Gasteiger partial charge on any atom is 0.110 e. The molecule has 3 nitrogen and oxygen atoms in total. The van der Waals surface area contributed by atoms with Gasteiger partial charge in [0, 0.05) is 11.4 Å². The minimum atomic E-state index is 0.749. The minimum Gasteiger partial charge on any atom is -0.379 e. The summed E-state index contributed by atoms with van der Waals surface area (Å²) in [5, 5.41) is 3.46. The molecule has 106 valence electrons. The van der Waals surface area contributed by atoms with E-state index in [1.165, 1.54) is 5.56 Å². The van der Waals surface area contributed by atoms with Gasteiger partial charge in [-0.3, -0.25) is 4.57 Å². The summed E-state index contributed by atoms with van der Waals surface area (Å²) in [6.07, 6.45) is 1.94. The molecular formula is C18H19N3. The fourth-order valence-electron chi connectivity index (χ4n) is 2.49. The molecule has 3 heteroatoms. The van der Waals surface area contributed by atoms with Gasteiger partial charge >= 0.3 is 0 Å². The molecular weight excluding hydrogens is 258 g/mol. The fourth-order valence-corrected chi connectivity index (χ4v) is 2.49. The molecule has 1 heterocycles. The molecule has 0 aliphatic rings. The highest BCUT2D eigenvalue weighted by molar-refractivity contribution is 5.46. The first-order chi connectivity index (χ1) is 10.2. The van der Waals surface area contributed by atoms with E-state index in [1.54, 1.807) is 0 Å². The van der Waals surface area contributed by atoms with Crippen molar-refractivity contribution in [3.63, 3.8) is 0 Å². The lowest BCUT2D eigenvalue weighted by Crippen LogP contribution is -2.07. The molecule has 0 fully saturated rings. The number of hydrogen-bond donors (Lipinski definition) is 1. The van der Waals surface area contributed by atoms with Crippen molar-refractivity contribution in [2.45, 2.75) is 20.4 Å². The molecule has 3 aromatic rings. The maximum atomic E-state index is 4.45. The summed E-state index contributed by atoms with van der Waals surface area (Å²) in [7, 11) is 0. The van der Waals surface area contributed by atoms with Gasteiger partial charge < -0.3 is 5.32 Å². The molecule has 0 unspecified atom stereocenters. The van der Waals surface area contributed by atoms with Crippen LogP contribution in [0.2, 0.25) is 0 Å². The third-order valence-electron chi connectivity index (χ3n) is 3.52. The molecule has 0 bridgehead atoms. The van der Waals surface area contributed by atoms with Crippen molar-refractivity contribution in [1.82, 2.24) is 9.55 Å². The third-order valence-corrected chi connectivity index (χ3v) is 3.52. The Balaban J connectivity index is 1.84. The Morgan fingerprint density at radius 2 is 1.81 bits per heavy atom. The SMILES string of the molecule is Cc1cccc(NCc2cnc(C)n2-c2ccccc2)c1. The number of imidazole rings is 1. The van der Waals surface area contributed by atoms with Gasteiger partial charge in [0.2, 0.25) is 0 Å². The van der Waals surface area contributed by atoms with E-state index in [9.17, 15) is 0 Å². The average Bonchev–Trinajstić information content (AvgIpc) is 2.87. The number of hydrogen-bond acceptors (Lipinski definition) is 2. The predicted octanol–water partition coefficient (Wildman–Crippen LogP) is 4.10. The summed E-state index contributed by atoms with van der Waals surface area (Å²) in [6, 6.07) is 18.7. The van der Waals surface area contributed by atoms with E-state index < -0.39 is 0 Å². The molecule has 21 heavy (non-hydrogen) atoms. The Labute approximate surface area is 125 Å². The molecule has 3 rings (SSSR count). The molecule has 0 aliphatic heterocycles. The van der Waals surface area contributed by atoms with Crippen molar-refractivity contribution in [2.24, 2.45) is 0 Å². The van der Waals surface area contributed by atoms with E-state index in [1.807, 2.05) is 31.3 Å². The first-order valence-electron chi connectivity index (χ1n) is 7.13. The van der Waals surface area contributed by atoms with Gasteiger partial charge in [-0.1, -0.05) is 30.3 Å². The molecule has 0 aliphatic carbocycles. The van der Waals surface area contributed by atoms with Gasteiger partial charge in [-0.2, -0.15) is 0 Å². The zero-order valence-electron chi connectivity index (χ0n) is 12.4. The standard InChI is InChI=1S/C18H19N3/c1-14-7-6-8-16(11-14)20-13-18-12-19-15(2)21(18)17-9-4-3-5-10-17/h3-12,20H,13H2,1-2H3. The van der Waals surface area contributed by atoms with Gasteiger partial charge in [-0.05, 0) is 43.7 Å². The average molecular weight is 277 g/mol. The second-order valence-corrected chi connectivity index (χ2v) is 5.19. The largest absolute Gasteiger partial charge is 0.379 e. The van der Waals surface area contributed by atoms with Gasteiger partial charge in [0.25, 0.3) is 0 Å². The molecule has 0 spiro atoms. The number of rotatable bonds is 4. The van der Waals surface area contributed by atoms with Crippen LogP contribution < -0.4 is 5.32 Å². The van der Waals surface area contributed by atoms with Crippen molar-refractivity contribution in [2.75, 3.05) is 5.32 Å². The molecule has 1 aromatic heterocycles. The summed E-state index contributed by atoms with van der Waals surface area (Å²) in [6.45, 7) is 4.88. The lowest BCUT2D eigenvalue weighted by atomic mass is 10.2. The van der Waals surface area contributed by atoms with Gasteiger partial charge in [0.1, 0.15) is 5.82 Å². The summed E-state index contributed by atoms with van der Waals surface area (Å²) < 4.78 is 2.18. The van der Waals surface area contributed by atoms with Crippen LogP contribution in [0.4, 0.5) is 5.69 Å². The Hall–Kier alpha value is -2.55. The number of anilines is 1. The van der Waals surface area contributed by atoms with Crippen LogP contribution in [-0.4, -0.2) is 9.55 Å². The number of benzene rings is 2. The highest BCUT2D eigenvalue weighted by Gasteiger charge is 2.08. The van der Waals surface area contributed by atoms with E-state index in [0.717, 1.165) is 29.4 Å². The number of nitrogens with one attached hydrogen (secondary N) is 1. The van der Waals surface area contributed by atoms with Crippen molar-refractivity contribution in [3.8, 4) is 5.69 Å². The van der Waals surface area contributed by atoms with E-state index >= 15 is 0 Å². The van der Waals surface area contributed by atoms with Crippen LogP contribution in [0, 0.1) is 13.8 Å². The Bertz CT molecular complexity index is 729. The van der Waals surface area contributed by atoms with Crippen LogP contribution in [0.1, 0.15) is 17.1 Å². The van der Waals surface area contributed by atoms with Crippen LogP contribution in [-0.2, 0) is 6.54 Å². The van der Waals surface area contributed by atoms with Crippen LogP contribution in [0.5, 0.6) is 0 Å². The number of nitrogens with zero attached hydrogens (tertiary/aromatic N) is 2. The molecule has 0 saturated carbocycles. The van der Waals surface area contributed by atoms with Crippen molar-refractivity contribution < 1.29 is 0 Å². The molecule has 0 saturated heterocycles. The topological polar surface area (TPSA) is 29.9 Å². The van der Waals surface area contributed by atoms with Crippen LogP contribution in [0.25, 0.3) is 5.69 Å². The molecule has 0 amide bonds. The minimum absolute atomic E-state index is 0.749. The van der Waals surface area contributed by atoms with E-state index in [4.69, 9.17) is 0 Å². The van der Waals surface area contributed by atoms with E-state index in [0.29, 0.717) is 0 Å². The number of aryl methyl sites for hydroxylation is 2. The quantitative estimate of drug-likeness (QED) is 0.778.